The molecule has 0 saturated heterocycles. The summed E-state index contributed by atoms with van der Waals surface area (Å²) < 4.78 is 12.8. The number of nitrogen functional groups attached to an aromatic ring is 1. The predicted molar refractivity (Wildman–Crippen MR) is 140 cm³/mol. The molecule has 3 aromatic rings. The third-order valence-electron chi connectivity index (χ3n) is 6.96. The summed E-state index contributed by atoms with van der Waals surface area (Å²) in [5, 5.41) is 27.7. The second kappa shape index (κ2) is 9.93. The number of ether oxygens (including phenoxy) is 1. The Morgan fingerprint density at radius 2 is 1.74 bits per heavy atom. The Balaban J connectivity index is 2.16. The lowest BCUT2D eigenvalue weighted by atomic mass is 9.54. The van der Waals surface area contributed by atoms with Crippen molar-refractivity contribution >= 4 is 40.6 Å². The van der Waals surface area contributed by atoms with Crippen LogP contribution in [0.5, 0.6) is 5.75 Å². The molecule has 0 saturated carbocycles. The number of anilines is 1. The van der Waals surface area contributed by atoms with Gasteiger partial charge in [-0.25, -0.2) is 29.1 Å². The molecule has 0 unspecified atom stereocenters. The highest BCUT2D eigenvalue weighted by molar-refractivity contribution is 6.34. The first-order chi connectivity index (χ1) is 17.5. The number of hydrogen-bond acceptors (Lipinski definition) is 9. The zero-order valence-corrected chi connectivity index (χ0v) is 23.5. The molecule has 0 fully saturated rings. The van der Waals surface area contributed by atoms with E-state index in [2.05, 4.69) is 20.3 Å². The Bertz CT molecular complexity index is 1330. The number of aryl methyl sites for hydroxylation is 1. The molecule has 14 heteroatoms. The van der Waals surface area contributed by atoms with Crippen LogP contribution in [-0.4, -0.2) is 64.3 Å². The lowest BCUT2D eigenvalue weighted by Gasteiger charge is -2.59. The van der Waals surface area contributed by atoms with Gasteiger partial charge in [0.1, 0.15) is 11.0 Å². The van der Waals surface area contributed by atoms with E-state index in [0.717, 1.165) is 0 Å². The van der Waals surface area contributed by atoms with Crippen molar-refractivity contribution in [2.45, 2.75) is 67.5 Å². The fraction of sp³-hybridized carbons (Fsp3) is 0.583. The number of imidazole rings is 1. The molecule has 0 bridgehead atoms. The van der Waals surface area contributed by atoms with Crippen molar-refractivity contribution in [2.75, 3.05) is 12.3 Å². The second-order valence-electron chi connectivity index (χ2n) is 11.2. The number of amides is 2. The standard InChI is InChI=1S/C24H34ClN7O6/c1-9-31-16-13(10-27-17(25)14(16)28-19(31)15-18(26)30-38-29-15)37-11-12(2)24(22(3,4)5,23(6,7)8)32(20(33)34)21(35)36/h10,12H,9,11H2,1-8H3,(H2,26,30)(H,33,34)(H,35,36)/t12-/m1/s1. The van der Waals surface area contributed by atoms with Crippen LogP contribution < -0.4 is 10.5 Å². The minimum Gasteiger partial charge on any atom is -0.489 e. The zero-order chi connectivity index (χ0) is 28.8. The Kier molecular flexibility index (Phi) is 7.57. The molecule has 3 heterocycles. The van der Waals surface area contributed by atoms with Gasteiger partial charge in [-0.1, -0.05) is 60.1 Å². The number of carbonyl (C=O) groups is 2. The lowest BCUT2D eigenvalue weighted by molar-refractivity contribution is -0.104. The van der Waals surface area contributed by atoms with Gasteiger partial charge >= 0.3 is 12.2 Å². The summed E-state index contributed by atoms with van der Waals surface area (Å²) in [5.74, 6) is 0.127. The van der Waals surface area contributed by atoms with Gasteiger partial charge in [0.15, 0.2) is 28.2 Å². The minimum atomic E-state index is -1.56. The summed E-state index contributed by atoms with van der Waals surface area (Å²) in [6.07, 6.45) is -1.67. The summed E-state index contributed by atoms with van der Waals surface area (Å²) in [4.78, 5) is 34.0. The second-order valence-corrected chi connectivity index (χ2v) is 11.5. The van der Waals surface area contributed by atoms with Crippen LogP contribution in [0.25, 0.3) is 22.6 Å². The molecule has 3 aromatic heterocycles. The van der Waals surface area contributed by atoms with E-state index in [-0.39, 0.29) is 23.3 Å². The van der Waals surface area contributed by atoms with Crippen LogP contribution in [0.1, 0.15) is 55.4 Å². The molecule has 208 valence electrons. The minimum absolute atomic E-state index is 0.0398. The van der Waals surface area contributed by atoms with Crippen molar-refractivity contribution in [3.05, 3.63) is 11.3 Å². The van der Waals surface area contributed by atoms with Gasteiger partial charge in [0, 0.05) is 12.5 Å². The van der Waals surface area contributed by atoms with Gasteiger partial charge in [-0.3, -0.25) is 0 Å². The Morgan fingerprint density at radius 1 is 1.16 bits per heavy atom. The van der Waals surface area contributed by atoms with Crippen molar-refractivity contribution in [3.63, 3.8) is 0 Å². The van der Waals surface area contributed by atoms with Crippen LogP contribution in [0.4, 0.5) is 15.4 Å². The van der Waals surface area contributed by atoms with Crippen molar-refractivity contribution in [3.8, 4) is 17.3 Å². The van der Waals surface area contributed by atoms with Crippen molar-refractivity contribution < 1.29 is 29.2 Å². The molecule has 4 N–H and O–H groups in total. The number of aromatic nitrogens is 5. The Morgan fingerprint density at radius 3 is 2.18 bits per heavy atom. The SMILES string of the molecule is CCn1c(-c2nonc2N)nc2c(Cl)ncc(OC[C@@H](C)C(N(C(=O)O)C(=O)O)(C(C)(C)C)C(C)(C)C)c21. The average molecular weight is 552 g/mol. The predicted octanol–water partition coefficient (Wildman–Crippen LogP) is 5.24. The molecule has 0 aliphatic rings. The smallest absolute Gasteiger partial charge is 0.417 e. The maximum atomic E-state index is 12.3. The zero-order valence-electron chi connectivity index (χ0n) is 22.7. The molecule has 0 aromatic carbocycles. The van der Waals surface area contributed by atoms with Crippen LogP contribution in [0.15, 0.2) is 10.8 Å². The summed E-state index contributed by atoms with van der Waals surface area (Å²) in [7, 11) is 0. The van der Waals surface area contributed by atoms with E-state index >= 15 is 0 Å². The molecular weight excluding hydrogens is 518 g/mol. The molecule has 1 atom stereocenters. The van der Waals surface area contributed by atoms with E-state index in [1.54, 1.807) is 11.5 Å². The first kappa shape index (κ1) is 29.0. The van der Waals surface area contributed by atoms with Crippen LogP contribution in [0, 0.1) is 16.7 Å². The number of carboxylic acid groups (broad SMARTS) is 2. The quantitative estimate of drug-likeness (QED) is 0.326. The van der Waals surface area contributed by atoms with Gasteiger partial charge in [0.05, 0.1) is 18.3 Å². The van der Waals surface area contributed by atoms with Gasteiger partial charge in [-0.15, -0.1) is 0 Å². The summed E-state index contributed by atoms with van der Waals surface area (Å²) >= 11 is 6.37. The van der Waals surface area contributed by atoms with Crippen molar-refractivity contribution in [2.24, 2.45) is 16.7 Å². The van der Waals surface area contributed by atoms with Crippen molar-refractivity contribution in [1.29, 1.82) is 0 Å². The molecule has 0 aliphatic carbocycles. The number of nitrogens with two attached hydrogens (primary N) is 1. The lowest BCUT2D eigenvalue weighted by Crippen LogP contribution is -2.71. The fourth-order valence-electron chi connectivity index (χ4n) is 6.24. The number of imide groups is 1. The number of fused-ring (bicyclic) bond motifs is 1. The molecule has 2 amide bonds. The Hall–Kier alpha value is -3.61. The fourth-order valence-corrected chi connectivity index (χ4v) is 6.42. The van der Waals surface area contributed by atoms with Gasteiger partial charge in [0.25, 0.3) is 0 Å². The first-order valence-electron chi connectivity index (χ1n) is 12.0. The van der Waals surface area contributed by atoms with E-state index < -0.39 is 34.5 Å². The van der Waals surface area contributed by atoms with E-state index in [0.29, 0.717) is 34.1 Å². The molecule has 0 spiro atoms. The van der Waals surface area contributed by atoms with Crippen LogP contribution >= 0.6 is 11.6 Å². The van der Waals surface area contributed by atoms with Crippen LogP contribution in [-0.2, 0) is 6.54 Å². The van der Waals surface area contributed by atoms with E-state index in [9.17, 15) is 19.8 Å². The number of hydrogen-bond donors (Lipinski definition) is 3. The summed E-state index contributed by atoms with van der Waals surface area (Å²) in [5.41, 5.74) is 3.97. The third-order valence-corrected chi connectivity index (χ3v) is 7.23. The van der Waals surface area contributed by atoms with Gasteiger partial charge in [-0.05, 0) is 28.1 Å². The van der Waals surface area contributed by atoms with Crippen LogP contribution in [0.3, 0.4) is 0 Å². The summed E-state index contributed by atoms with van der Waals surface area (Å²) in [6.45, 7) is 15.0. The highest BCUT2D eigenvalue weighted by Crippen LogP contribution is 2.53. The topological polar surface area (TPSA) is 183 Å². The number of nitrogens with zero attached hydrogens (tertiary/aromatic N) is 6. The molecule has 0 radical (unpaired) electrons. The maximum absolute atomic E-state index is 12.3. The monoisotopic (exact) mass is 551 g/mol. The van der Waals surface area contributed by atoms with Gasteiger partial charge < -0.3 is 25.3 Å². The average Bonchev–Trinajstić information content (AvgIpc) is 3.37. The van der Waals surface area contributed by atoms with Crippen LogP contribution in [0.2, 0.25) is 5.15 Å². The maximum Gasteiger partial charge on any atom is 0.417 e. The third kappa shape index (κ3) is 4.48. The van der Waals surface area contributed by atoms with Gasteiger partial charge in [0.2, 0.25) is 0 Å². The molecule has 38 heavy (non-hydrogen) atoms. The number of pyridine rings is 1. The van der Waals surface area contributed by atoms with Gasteiger partial charge in [-0.2, -0.15) is 0 Å². The summed E-state index contributed by atoms with van der Waals surface area (Å²) in [6, 6.07) is 0. The molecule has 3 rings (SSSR count). The normalized spacial score (nSPS) is 13.5. The van der Waals surface area contributed by atoms with Crippen molar-refractivity contribution in [1.82, 2.24) is 29.7 Å². The Labute approximate surface area is 224 Å². The molecule has 0 aliphatic heterocycles. The van der Waals surface area contributed by atoms with E-state index in [1.807, 2.05) is 48.5 Å². The highest BCUT2D eigenvalue weighted by Gasteiger charge is 2.62. The van der Waals surface area contributed by atoms with E-state index in [4.69, 9.17) is 26.7 Å². The number of halogens is 1. The van der Waals surface area contributed by atoms with E-state index in [1.165, 1.54) is 6.20 Å². The number of rotatable bonds is 7. The highest BCUT2D eigenvalue weighted by atomic mass is 35.5. The molecule has 13 nitrogen and oxygen atoms in total. The largest absolute Gasteiger partial charge is 0.489 e. The first-order valence-corrected chi connectivity index (χ1v) is 12.4. The molecular formula is C24H34ClN7O6.